The second kappa shape index (κ2) is 10.8. The first kappa shape index (κ1) is 23.9. The molecule has 0 fully saturated rings. The van der Waals surface area contributed by atoms with Crippen LogP contribution in [0.25, 0.3) is 11.3 Å². The number of hydrogen-bond donors (Lipinski definition) is 2. The third-order valence-electron chi connectivity index (χ3n) is 5.90. The van der Waals surface area contributed by atoms with Crippen LogP contribution in [0.3, 0.4) is 0 Å². The minimum absolute atomic E-state index is 0.0806. The minimum Gasteiger partial charge on any atom is -0.504 e. The van der Waals surface area contributed by atoms with Crippen molar-refractivity contribution in [1.29, 1.82) is 0 Å². The Labute approximate surface area is 204 Å². The maximum Gasteiger partial charge on any atom is 0.257 e. The van der Waals surface area contributed by atoms with Gasteiger partial charge in [-0.1, -0.05) is 19.1 Å². The molecule has 0 spiro atoms. The highest BCUT2D eigenvalue weighted by molar-refractivity contribution is 6.04. The Balaban J connectivity index is 1.51. The summed E-state index contributed by atoms with van der Waals surface area (Å²) in [6, 6.07) is 16.6. The van der Waals surface area contributed by atoms with Crippen LogP contribution in [-0.4, -0.2) is 33.1 Å². The molecule has 1 amide bonds. The molecule has 35 heavy (non-hydrogen) atoms. The summed E-state index contributed by atoms with van der Waals surface area (Å²) >= 11 is 0. The molecule has 0 aliphatic carbocycles. The Bertz CT molecular complexity index is 1320. The third kappa shape index (κ3) is 5.81. The van der Waals surface area contributed by atoms with E-state index in [0.29, 0.717) is 23.4 Å². The van der Waals surface area contributed by atoms with Gasteiger partial charge in [0.1, 0.15) is 0 Å². The second-order valence-electron chi connectivity index (χ2n) is 8.36. The summed E-state index contributed by atoms with van der Waals surface area (Å²) in [5, 5.41) is 12.8. The number of pyridine rings is 1. The molecule has 0 saturated heterocycles. The summed E-state index contributed by atoms with van der Waals surface area (Å²) in [5.74, 6) is 0.482. The van der Waals surface area contributed by atoms with E-state index in [9.17, 15) is 9.90 Å². The van der Waals surface area contributed by atoms with Crippen LogP contribution in [-0.2, 0) is 6.42 Å². The van der Waals surface area contributed by atoms with Gasteiger partial charge in [0.2, 0.25) is 0 Å². The molecule has 0 unspecified atom stereocenters. The maximum atomic E-state index is 12.6. The monoisotopic (exact) mass is 468 g/mol. The number of nitrogens with one attached hydrogen (secondary N) is 1. The predicted octanol–water partition coefficient (Wildman–Crippen LogP) is 5.55. The summed E-state index contributed by atoms with van der Waals surface area (Å²) in [6.45, 7) is 4.02. The van der Waals surface area contributed by atoms with Gasteiger partial charge in [-0.25, -0.2) is 4.98 Å². The van der Waals surface area contributed by atoms with Crippen molar-refractivity contribution in [2.24, 2.45) is 0 Å². The molecular weight excluding hydrogens is 440 g/mol. The number of carbonyl (C=O) groups is 1. The first-order valence-corrected chi connectivity index (χ1v) is 11.5. The van der Waals surface area contributed by atoms with Gasteiger partial charge in [-0.2, -0.15) is 0 Å². The second-order valence-corrected chi connectivity index (χ2v) is 8.36. The van der Waals surface area contributed by atoms with E-state index in [0.717, 1.165) is 34.6 Å². The van der Waals surface area contributed by atoms with Gasteiger partial charge in [-0.15, -0.1) is 0 Å². The molecule has 0 aliphatic heterocycles. The van der Waals surface area contributed by atoms with E-state index in [1.807, 2.05) is 31.2 Å². The third-order valence-corrected chi connectivity index (χ3v) is 5.90. The normalized spacial score (nSPS) is 11.6. The summed E-state index contributed by atoms with van der Waals surface area (Å²) < 4.78 is 5.22. The lowest BCUT2D eigenvalue weighted by Gasteiger charge is -2.17. The zero-order valence-electron chi connectivity index (χ0n) is 20.0. The molecule has 0 radical (unpaired) electrons. The van der Waals surface area contributed by atoms with Crippen LogP contribution >= 0.6 is 0 Å². The van der Waals surface area contributed by atoms with Crippen LogP contribution in [0.15, 0.2) is 73.2 Å². The molecule has 178 valence electrons. The predicted molar refractivity (Wildman–Crippen MR) is 136 cm³/mol. The van der Waals surface area contributed by atoms with Gasteiger partial charge >= 0.3 is 0 Å². The number of nitrogens with zero attached hydrogens (tertiary/aromatic N) is 3. The Morgan fingerprint density at radius 1 is 1.09 bits per heavy atom. The first-order valence-electron chi connectivity index (χ1n) is 11.5. The average Bonchev–Trinajstić information content (AvgIpc) is 2.88. The van der Waals surface area contributed by atoms with E-state index < -0.39 is 0 Å². The molecule has 7 heteroatoms. The molecule has 2 N–H and O–H groups in total. The van der Waals surface area contributed by atoms with E-state index >= 15 is 0 Å². The molecule has 0 saturated carbocycles. The van der Waals surface area contributed by atoms with E-state index in [1.54, 1.807) is 42.9 Å². The fraction of sp³-hybridized carbons (Fsp3) is 0.214. The number of aryl methyl sites for hydroxylation is 1. The number of aromatic hydroxyl groups is 1. The van der Waals surface area contributed by atoms with Crippen LogP contribution in [0, 0.1) is 6.92 Å². The highest BCUT2D eigenvalue weighted by Gasteiger charge is 2.15. The first-order chi connectivity index (χ1) is 17.0. The van der Waals surface area contributed by atoms with Crippen LogP contribution < -0.4 is 10.1 Å². The highest BCUT2D eigenvalue weighted by Crippen LogP contribution is 2.31. The number of phenols is 1. The Kier molecular flexibility index (Phi) is 7.35. The Hall–Kier alpha value is -4.26. The lowest BCUT2D eigenvalue weighted by Crippen LogP contribution is -2.13. The van der Waals surface area contributed by atoms with Crippen LogP contribution in [0.2, 0.25) is 0 Å². The summed E-state index contributed by atoms with van der Waals surface area (Å²) in [7, 11) is 1.51. The number of hydrogen-bond acceptors (Lipinski definition) is 6. The molecule has 2 heterocycles. The molecule has 0 bridgehead atoms. The lowest BCUT2D eigenvalue weighted by molar-refractivity contribution is 0.102. The Morgan fingerprint density at radius 3 is 2.69 bits per heavy atom. The molecule has 4 rings (SSSR count). The highest BCUT2D eigenvalue weighted by atomic mass is 16.5. The lowest BCUT2D eigenvalue weighted by atomic mass is 9.91. The van der Waals surface area contributed by atoms with E-state index in [-0.39, 0.29) is 17.6 Å². The van der Waals surface area contributed by atoms with E-state index in [1.165, 1.54) is 7.11 Å². The van der Waals surface area contributed by atoms with Gasteiger partial charge in [0.15, 0.2) is 11.5 Å². The molecule has 2 aromatic heterocycles. The van der Waals surface area contributed by atoms with Crippen molar-refractivity contribution >= 4 is 11.6 Å². The molecule has 1 atom stereocenters. The molecule has 0 aliphatic rings. The molecule has 7 nitrogen and oxygen atoms in total. The van der Waals surface area contributed by atoms with E-state index in [4.69, 9.17) is 9.72 Å². The van der Waals surface area contributed by atoms with Gasteiger partial charge in [0.25, 0.3) is 5.91 Å². The van der Waals surface area contributed by atoms with Crippen LogP contribution in [0.1, 0.15) is 46.6 Å². The van der Waals surface area contributed by atoms with E-state index in [2.05, 4.69) is 28.3 Å². The van der Waals surface area contributed by atoms with Crippen molar-refractivity contribution in [1.82, 2.24) is 15.0 Å². The molecule has 4 aromatic rings. The number of aromatic nitrogens is 3. The topological polar surface area (TPSA) is 97.2 Å². The zero-order valence-corrected chi connectivity index (χ0v) is 20.0. The van der Waals surface area contributed by atoms with Gasteiger partial charge in [0.05, 0.1) is 30.3 Å². The number of ether oxygens (including phenoxy) is 1. The van der Waals surface area contributed by atoms with Gasteiger partial charge in [-0.3, -0.25) is 14.8 Å². The SMILES string of the molecule is CC[C@H](Cc1cncc(-c2ccc(O)c(OC)c2)n1)c1cccc(NC(=O)c2ccc(C)nc2)c1. The summed E-state index contributed by atoms with van der Waals surface area (Å²) in [6.07, 6.45) is 6.66. The smallest absolute Gasteiger partial charge is 0.257 e. The largest absolute Gasteiger partial charge is 0.504 e. The quantitative estimate of drug-likeness (QED) is 0.352. The van der Waals surface area contributed by atoms with Crippen molar-refractivity contribution in [2.45, 2.75) is 32.6 Å². The average molecular weight is 469 g/mol. The Morgan fingerprint density at radius 2 is 1.94 bits per heavy atom. The minimum atomic E-state index is -0.189. The number of methoxy groups -OCH3 is 1. The molecular formula is C28H28N4O3. The zero-order chi connectivity index (χ0) is 24.8. The van der Waals surface area contributed by atoms with Crippen molar-refractivity contribution < 1.29 is 14.6 Å². The number of phenolic OH excluding ortho intramolecular Hbond substituents is 1. The van der Waals surface area contributed by atoms with Gasteiger partial charge in [0, 0.05) is 29.3 Å². The van der Waals surface area contributed by atoms with Crippen LogP contribution in [0.4, 0.5) is 5.69 Å². The van der Waals surface area contributed by atoms with Gasteiger partial charge < -0.3 is 15.2 Å². The van der Waals surface area contributed by atoms with Crippen molar-refractivity contribution in [2.75, 3.05) is 12.4 Å². The number of anilines is 1. The van der Waals surface area contributed by atoms with Crippen LogP contribution in [0.5, 0.6) is 11.5 Å². The number of rotatable bonds is 8. The summed E-state index contributed by atoms with van der Waals surface area (Å²) in [5.41, 5.74) is 5.63. The molecule has 2 aromatic carbocycles. The standard InChI is InChI=1S/C28H28N4O3/c1-4-19(12-24-16-29-17-25(31-24)21-10-11-26(33)27(14-21)35-3)20-6-5-7-23(13-20)32-28(34)22-9-8-18(2)30-15-22/h5-11,13-17,19,33H,4,12H2,1-3H3,(H,32,34)/t19-/m1/s1. The van der Waals surface area contributed by atoms with Crippen molar-refractivity contribution in [3.05, 3.63) is 95.7 Å². The van der Waals surface area contributed by atoms with Crippen molar-refractivity contribution in [3.63, 3.8) is 0 Å². The fourth-order valence-electron chi connectivity index (χ4n) is 3.91. The fourth-order valence-corrected chi connectivity index (χ4v) is 3.91. The summed E-state index contributed by atoms with van der Waals surface area (Å²) in [4.78, 5) is 26.0. The van der Waals surface area contributed by atoms with Crippen molar-refractivity contribution in [3.8, 4) is 22.8 Å². The van der Waals surface area contributed by atoms with Gasteiger partial charge in [-0.05, 0) is 73.7 Å². The number of amides is 1. The number of benzene rings is 2. The maximum absolute atomic E-state index is 12.6. The number of carbonyl (C=O) groups excluding carboxylic acids is 1.